The van der Waals surface area contributed by atoms with Crippen molar-refractivity contribution in [3.63, 3.8) is 0 Å². The average Bonchev–Trinajstić information content (AvgIpc) is 2.91. The van der Waals surface area contributed by atoms with Gasteiger partial charge in [0.2, 0.25) is 5.28 Å². The molecule has 0 N–H and O–H groups in total. The van der Waals surface area contributed by atoms with Gasteiger partial charge in [-0.1, -0.05) is 12.1 Å². The molecule has 0 aliphatic heterocycles. The Labute approximate surface area is 131 Å². The number of nitrogens with zero attached hydrogens (tertiary/aromatic N) is 4. The molecule has 114 valence electrons. The Morgan fingerprint density at radius 3 is 2.91 bits per heavy atom. The predicted octanol–water partition coefficient (Wildman–Crippen LogP) is 2.32. The molecular formula is C15H15ClN4O2. The SMILES string of the molecule is CCn1c(Cl)nc2c(ncn2Cc2cccc(OC)c2)c1=O. The number of hydrogen-bond acceptors (Lipinski definition) is 4. The fourth-order valence-electron chi connectivity index (χ4n) is 2.36. The zero-order valence-electron chi connectivity index (χ0n) is 12.3. The van der Waals surface area contributed by atoms with E-state index in [0.717, 1.165) is 11.3 Å². The molecule has 3 rings (SSSR count). The van der Waals surface area contributed by atoms with Crippen LogP contribution in [-0.4, -0.2) is 26.2 Å². The quantitative estimate of drug-likeness (QED) is 0.693. The summed E-state index contributed by atoms with van der Waals surface area (Å²) in [6, 6.07) is 7.70. The van der Waals surface area contributed by atoms with Gasteiger partial charge >= 0.3 is 0 Å². The number of ether oxygens (including phenoxy) is 1. The molecule has 2 aromatic heterocycles. The van der Waals surface area contributed by atoms with Gasteiger partial charge in [-0.15, -0.1) is 0 Å². The Morgan fingerprint density at radius 1 is 1.36 bits per heavy atom. The van der Waals surface area contributed by atoms with E-state index < -0.39 is 0 Å². The van der Waals surface area contributed by atoms with Crippen LogP contribution < -0.4 is 10.3 Å². The number of aromatic nitrogens is 4. The van der Waals surface area contributed by atoms with E-state index in [1.807, 2.05) is 31.2 Å². The molecule has 0 fully saturated rings. The van der Waals surface area contributed by atoms with Crippen molar-refractivity contribution in [2.75, 3.05) is 7.11 Å². The number of hydrogen-bond donors (Lipinski definition) is 0. The van der Waals surface area contributed by atoms with Gasteiger partial charge in [0.05, 0.1) is 20.0 Å². The lowest BCUT2D eigenvalue weighted by Crippen LogP contribution is -2.21. The first kappa shape index (κ1) is 14.6. The van der Waals surface area contributed by atoms with Crippen molar-refractivity contribution in [3.8, 4) is 5.75 Å². The molecule has 1 aromatic carbocycles. The maximum absolute atomic E-state index is 12.3. The summed E-state index contributed by atoms with van der Waals surface area (Å²) in [5.41, 5.74) is 1.62. The summed E-state index contributed by atoms with van der Waals surface area (Å²) in [5.74, 6) is 0.779. The van der Waals surface area contributed by atoms with Crippen LogP contribution in [0.3, 0.4) is 0 Å². The molecule has 0 saturated carbocycles. The number of benzene rings is 1. The zero-order valence-corrected chi connectivity index (χ0v) is 13.0. The van der Waals surface area contributed by atoms with E-state index in [4.69, 9.17) is 16.3 Å². The molecule has 0 unspecified atom stereocenters. The standard InChI is InChI=1S/C15H15ClN4O2/c1-3-20-14(21)12-13(18-15(20)16)19(9-17-12)8-10-5-4-6-11(7-10)22-2/h4-7,9H,3,8H2,1-2H3. The molecule has 3 aromatic rings. The molecule has 0 amide bonds. The largest absolute Gasteiger partial charge is 0.497 e. The van der Waals surface area contributed by atoms with Crippen molar-refractivity contribution >= 4 is 22.8 Å². The molecule has 2 heterocycles. The number of fused-ring (bicyclic) bond motifs is 1. The topological polar surface area (TPSA) is 61.9 Å². The van der Waals surface area contributed by atoms with Crippen LogP contribution >= 0.6 is 11.6 Å². The zero-order chi connectivity index (χ0) is 15.7. The number of halogens is 1. The lowest BCUT2D eigenvalue weighted by Gasteiger charge is -2.07. The second kappa shape index (κ2) is 5.81. The number of imidazole rings is 1. The highest BCUT2D eigenvalue weighted by molar-refractivity contribution is 6.28. The molecule has 7 heteroatoms. The van der Waals surface area contributed by atoms with Gasteiger partial charge < -0.3 is 9.30 Å². The molecule has 22 heavy (non-hydrogen) atoms. The second-order valence-corrected chi connectivity index (χ2v) is 5.16. The summed E-state index contributed by atoms with van der Waals surface area (Å²) in [6.07, 6.45) is 1.61. The number of methoxy groups -OCH3 is 1. The molecule has 0 aliphatic carbocycles. The van der Waals surface area contributed by atoms with Gasteiger partial charge in [-0.2, -0.15) is 4.98 Å². The first-order valence-corrected chi connectivity index (χ1v) is 7.26. The third kappa shape index (κ3) is 2.46. The maximum atomic E-state index is 12.3. The van der Waals surface area contributed by atoms with Gasteiger partial charge in [0.25, 0.3) is 5.56 Å². The fraction of sp³-hybridized carbons (Fsp3) is 0.267. The Bertz CT molecular complexity index is 885. The van der Waals surface area contributed by atoms with Crippen molar-refractivity contribution < 1.29 is 4.74 Å². The van der Waals surface area contributed by atoms with Crippen molar-refractivity contribution in [2.45, 2.75) is 20.0 Å². The highest BCUT2D eigenvalue weighted by atomic mass is 35.5. The maximum Gasteiger partial charge on any atom is 0.282 e. The molecular weight excluding hydrogens is 304 g/mol. The summed E-state index contributed by atoms with van der Waals surface area (Å²) in [7, 11) is 1.63. The van der Waals surface area contributed by atoms with Crippen molar-refractivity contribution in [1.82, 2.24) is 19.1 Å². The van der Waals surface area contributed by atoms with Crippen molar-refractivity contribution in [2.24, 2.45) is 0 Å². The highest BCUT2D eigenvalue weighted by Crippen LogP contribution is 2.16. The van der Waals surface area contributed by atoms with Gasteiger partial charge in [-0.05, 0) is 36.2 Å². The summed E-state index contributed by atoms with van der Waals surface area (Å²) in [4.78, 5) is 20.8. The van der Waals surface area contributed by atoms with E-state index in [1.165, 1.54) is 4.57 Å². The molecule has 0 aliphatic rings. The second-order valence-electron chi connectivity index (χ2n) is 4.83. The first-order valence-electron chi connectivity index (χ1n) is 6.88. The van der Waals surface area contributed by atoms with Gasteiger partial charge in [0.1, 0.15) is 5.75 Å². The Kier molecular flexibility index (Phi) is 3.85. The van der Waals surface area contributed by atoms with Crippen LogP contribution in [0.5, 0.6) is 5.75 Å². The highest BCUT2D eigenvalue weighted by Gasteiger charge is 2.13. The van der Waals surface area contributed by atoms with Crippen LogP contribution in [0.4, 0.5) is 0 Å². The molecule has 0 atom stereocenters. The third-order valence-corrected chi connectivity index (χ3v) is 3.77. The molecule has 6 nitrogen and oxygen atoms in total. The minimum absolute atomic E-state index is 0.174. The van der Waals surface area contributed by atoms with Crippen molar-refractivity contribution in [1.29, 1.82) is 0 Å². The molecule has 0 radical (unpaired) electrons. The monoisotopic (exact) mass is 318 g/mol. The summed E-state index contributed by atoms with van der Waals surface area (Å²) >= 11 is 6.08. The summed E-state index contributed by atoms with van der Waals surface area (Å²) in [6.45, 7) is 2.84. The minimum Gasteiger partial charge on any atom is -0.497 e. The lowest BCUT2D eigenvalue weighted by molar-refractivity contribution is 0.414. The molecule has 0 bridgehead atoms. The van der Waals surface area contributed by atoms with Crippen LogP contribution in [0.1, 0.15) is 12.5 Å². The van der Waals surface area contributed by atoms with E-state index in [1.54, 1.807) is 18.0 Å². The molecule has 0 spiro atoms. The van der Waals surface area contributed by atoms with Gasteiger partial charge in [-0.3, -0.25) is 9.36 Å². The molecule has 0 saturated heterocycles. The Morgan fingerprint density at radius 2 is 2.18 bits per heavy atom. The van der Waals surface area contributed by atoms with Gasteiger partial charge in [-0.25, -0.2) is 4.98 Å². The predicted molar refractivity (Wildman–Crippen MR) is 84.6 cm³/mol. The Balaban J connectivity index is 2.07. The van der Waals surface area contributed by atoms with Crippen LogP contribution in [0.25, 0.3) is 11.2 Å². The minimum atomic E-state index is -0.220. The van der Waals surface area contributed by atoms with E-state index in [0.29, 0.717) is 24.3 Å². The van der Waals surface area contributed by atoms with Crippen molar-refractivity contribution in [3.05, 3.63) is 51.8 Å². The van der Waals surface area contributed by atoms with Gasteiger partial charge in [0, 0.05) is 6.54 Å². The normalized spacial score (nSPS) is 11.0. The van der Waals surface area contributed by atoms with Crippen LogP contribution in [0, 0.1) is 0 Å². The number of rotatable bonds is 4. The first-order chi connectivity index (χ1) is 10.6. The average molecular weight is 319 g/mol. The summed E-state index contributed by atoms with van der Waals surface area (Å²) in [5, 5.41) is 0.174. The Hall–Kier alpha value is -2.34. The smallest absolute Gasteiger partial charge is 0.282 e. The lowest BCUT2D eigenvalue weighted by atomic mass is 10.2. The van der Waals surface area contributed by atoms with E-state index in [9.17, 15) is 4.79 Å². The summed E-state index contributed by atoms with van der Waals surface area (Å²) < 4.78 is 8.41. The fourth-order valence-corrected chi connectivity index (χ4v) is 2.64. The third-order valence-electron chi connectivity index (χ3n) is 3.48. The van der Waals surface area contributed by atoms with Gasteiger partial charge in [0.15, 0.2) is 11.2 Å². The van der Waals surface area contributed by atoms with Crippen LogP contribution in [0.15, 0.2) is 35.4 Å². The van der Waals surface area contributed by atoms with Crippen LogP contribution in [-0.2, 0) is 13.1 Å². The van der Waals surface area contributed by atoms with E-state index in [2.05, 4.69) is 9.97 Å². The van der Waals surface area contributed by atoms with E-state index >= 15 is 0 Å². The van der Waals surface area contributed by atoms with E-state index in [-0.39, 0.29) is 10.8 Å². The van der Waals surface area contributed by atoms with Crippen LogP contribution in [0.2, 0.25) is 5.28 Å².